The van der Waals surface area contributed by atoms with Gasteiger partial charge in [0.2, 0.25) is 0 Å². The molecule has 102 valence electrons. The van der Waals surface area contributed by atoms with E-state index in [-0.39, 0.29) is 6.04 Å². The van der Waals surface area contributed by atoms with Crippen LogP contribution >= 0.6 is 15.9 Å². The molecule has 0 saturated carbocycles. The van der Waals surface area contributed by atoms with Gasteiger partial charge in [0.15, 0.2) is 4.60 Å². The molecule has 0 bridgehead atoms. The van der Waals surface area contributed by atoms with Gasteiger partial charge in [-0.15, -0.1) is 5.10 Å². The molecule has 2 aromatic rings. The predicted octanol–water partition coefficient (Wildman–Crippen LogP) is 3.22. The molecule has 0 aliphatic rings. The molecule has 1 aromatic carbocycles. The molecule has 0 saturated heterocycles. The predicted molar refractivity (Wildman–Crippen MR) is 79.8 cm³/mol. The first kappa shape index (κ1) is 14.2. The van der Waals surface area contributed by atoms with Crippen molar-refractivity contribution in [3.63, 3.8) is 0 Å². The van der Waals surface area contributed by atoms with E-state index in [9.17, 15) is 0 Å². The number of nitrogens with one attached hydrogen (secondary N) is 1. The zero-order valence-electron chi connectivity index (χ0n) is 11.5. The number of aryl methyl sites for hydroxylation is 1. The number of halogens is 1. The molecule has 4 nitrogen and oxygen atoms in total. The molecule has 0 atom stereocenters. The maximum atomic E-state index is 4.45. The van der Waals surface area contributed by atoms with E-state index in [1.54, 1.807) is 4.80 Å². The first-order valence-electron chi connectivity index (χ1n) is 6.43. The van der Waals surface area contributed by atoms with Crippen molar-refractivity contribution in [3.05, 3.63) is 45.7 Å². The summed E-state index contributed by atoms with van der Waals surface area (Å²) in [5.41, 5.74) is 3.50. The smallest absolute Gasteiger partial charge is 0.152 e. The first-order valence-corrected chi connectivity index (χ1v) is 7.23. The van der Waals surface area contributed by atoms with E-state index in [0.717, 1.165) is 16.8 Å². The van der Waals surface area contributed by atoms with Gasteiger partial charge in [0.05, 0.1) is 6.04 Å². The quantitative estimate of drug-likeness (QED) is 0.919. The van der Waals surface area contributed by atoms with Crippen LogP contribution in [0.15, 0.2) is 28.9 Å². The standard InChI is InChI=1S/C14H19BrN4/c1-10(2)19-17-13(14(15)18-19)9-16-8-12-6-4-11(3)5-7-12/h4-7,10,16H,8-9H2,1-3H3. The molecule has 5 heteroatoms. The summed E-state index contributed by atoms with van der Waals surface area (Å²) in [7, 11) is 0. The van der Waals surface area contributed by atoms with Crippen LogP contribution in [-0.4, -0.2) is 15.0 Å². The highest BCUT2D eigenvalue weighted by Gasteiger charge is 2.09. The van der Waals surface area contributed by atoms with Crippen molar-refractivity contribution in [2.45, 2.75) is 39.9 Å². The van der Waals surface area contributed by atoms with Crippen molar-refractivity contribution in [2.24, 2.45) is 0 Å². The van der Waals surface area contributed by atoms with Crippen LogP contribution in [0.1, 0.15) is 36.7 Å². The largest absolute Gasteiger partial charge is 0.307 e. The van der Waals surface area contributed by atoms with Gasteiger partial charge in [0.1, 0.15) is 5.69 Å². The van der Waals surface area contributed by atoms with Gasteiger partial charge < -0.3 is 5.32 Å². The Hall–Kier alpha value is -1.20. The molecule has 1 N–H and O–H groups in total. The third-order valence-electron chi connectivity index (χ3n) is 2.86. The van der Waals surface area contributed by atoms with Gasteiger partial charge in [-0.2, -0.15) is 9.90 Å². The molecular weight excluding hydrogens is 304 g/mol. The first-order chi connectivity index (χ1) is 9.06. The lowest BCUT2D eigenvalue weighted by Crippen LogP contribution is -2.14. The number of nitrogens with zero attached hydrogens (tertiary/aromatic N) is 3. The van der Waals surface area contributed by atoms with Gasteiger partial charge in [-0.1, -0.05) is 29.8 Å². The Balaban J connectivity index is 1.90. The van der Waals surface area contributed by atoms with Crippen molar-refractivity contribution in [1.29, 1.82) is 0 Å². The fraction of sp³-hybridized carbons (Fsp3) is 0.429. The van der Waals surface area contributed by atoms with Crippen molar-refractivity contribution in [2.75, 3.05) is 0 Å². The van der Waals surface area contributed by atoms with Crippen LogP contribution in [-0.2, 0) is 13.1 Å². The number of hydrogen-bond donors (Lipinski definition) is 1. The Morgan fingerprint density at radius 2 is 1.84 bits per heavy atom. The summed E-state index contributed by atoms with van der Waals surface area (Å²) in [6.07, 6.45) is 0. The zero-order valence-corrected chi connectivity index (χ0v) is 13.1. The van der Waals surface area contributed by atoms with Crippen LogP contribution in [0.5, 0.6) is 0 Å². The third kappa shape index (κ3) is 3.88. The van der Waals surface area contributed by atoms with Crippen LogP contribution in [0.4, 0.5) is 0 Å². The minimum absolute atomic E-state index is 0.280. The summed E-state index contributed by atoms with van der Waals surface area (Å²) in [5.74, 6) is 0. The normalized spacial score (nSPS) is 11.2. The number of rotatable bonds is 5. The lowest BCUT2D eigenvalue weighted by atomic mass is 10.1. The Morgan fingerprint density at radius 3 is 2.42 bits per heavy atom. The fourth-order valence-corrected chi connectivity index (χ4v) is 2.09. The van der Waals surface area contributed by atoms with Crippen LogP contribution in [0.25, 0.3) is 0 Å². The summed E-state index contributed by atoms with van der Waals surface area (Å²) < 4.78 is 0.817. The minimum atomic E-state index is 0.280. The van der Waals surface area contributed by atoms with Crippen LogP contribution in [0.3, 0.4) is 0 Å². The molecule has 0 aliphatic carbocycles. The molecule has 0 radical (unpaired) electrons. The maximum absolute atomic E-state index is 4.45. The molecule has 0 fully saturated rings. The topological polar surface area (TPSA) is 42.7 Å². The van der Waals surface area contributed by atoms with Crippen LogP contribution in [0.2, 0.25) is 0 Å². The van der Waals surface area contributed by atoms with Gasteiger partial charge >= 0.3 is 0 Å². The van der Waals surface area contributed by atoms with Crippen molar-refractivity contribution in [1.82, 2.24) is 20.3 Å². The van der Waals surface area contributed by atoms with Gasteiger partial charge in [0, 0.05) is 13.1 Å². The SMILES string of the molecule is Cc1ccc(CNCc2nn(C(C)C)nc2Br)cc1. The second-order valence-electron chi connectivity index (χ2n) is 4.94. The second kappa shape index (κ2) is 6.30. The molecule has 1 heterocycles. The van der Waals surface area contributed by atoms with E-state index in [1.807, 2.05) is 0 Å². The van der Waals surface area contributed by atoms with Crippen LogP contribution in [0, 0.1) is 6.92 Å². The number of benzene rings is 1. The highest BCUT2D eigenvalue weighted by Crippen LogP contribution is 2.13. The Bertz CT molecular complexity index is 531. The molecule has 0 spiro atoms. The second-order valence-corrected chi connectivity index (χ2v) is 5.69. The summed E-state index contributed by atoms with van der Waals surface area (Å²) in [5, 5.41) is 12.2. The van der Waals surface area contributed by atoms with Crippen molar-refractivity contribution >= 4 is 15.9 Å². The minimum Gasteiger partial charge on any atom is -0.307 e. The van der Waals surface area contributed by atoms with Gasteiger partial charge in [0.25, 0.3) is 0 Å². The van der Waals surface area contributed by atoms with Gasteiger partial charge in [-0.3, -0.25) is 0 Å². The molecule has 1 aromatic heterocycles. The van der Waals surface area contributed by atoms with E-state index in [1.165, 1.54) is 11.1 Å². The Morgan fingerprint density at radius 1 is 1.16 bits per heavy atom. The molecule has 19 heavy (non-hydrogen) atoms. The van der Waals surface area contributed by atoms with Gasteiger partial charge in [-0.05, 0) is 42.3 Å². The Kier molecular flexibility index (Phi) is 4.71. The van der Waals surface area contributed by atoms with E-state index in [2.05, 4.69) is 76.5 Å². The summed E-state index contributed by atoms with van der Waals surface area (Å²) in [4.78, 5) is 1.73. The van der Waals surface area contributed by atoms with E-state index in [0.29, 0.717) is 6.54 Å². The van der Waals surface area contributed by atoms with Crippen LogP contribution < -0.4 is 5.32 Å². The van der Waals surface area contributed by atoms with Gasteiger partial charge in [-0.25, -0.2) is 0 Å². The summed E-state index contributed by atoms with van der Waals surface area (Å²) in [6.45, 7) is 7.77. The lowest BCUT2D eigenvalue weighted by Gasteiger charge is -2.04. The van der Waals surface area contributed by atoms with Crippen molar-refractivity contribution in [3.8, 4) is 0 Å². The third-order valence-corrected chi connectivity index (χ3v) is 3.47. The average Bonchev–Trinajstić information content (AvgIpc) is 2.74. The van der Waals surface area contributed by atoms with Crippen molar-refractivity contribution < 1.29 is 0 Å². The van der Waals surface area contributed by atoms with E-state index < -0.39 is 0 Å². The number of aromatic nitrogens is 3. The highest BCUT2D eigenvalue weighted by molar-refractivity contribution is 9.10. The zero-order chi connectivity index (χ0) is 13.8. The lowest BCUT2D eigenvalue weighted by molar-refractivity contribution is 0.460. The molecule has 0 aliphatic heterocycles. The average molecular weight is 323 g/mol. The van der Waals surface area contributed by atoms with E-state index in [4.69, 9.17) is 0 Å². The number of hydrogen-bond acceptors (Lipinski definition) is 3. The Labute approximate surface area is 122 Å². The molecule has 2 rings (SSSR count). The summed E-state index contributed by atoms with van der Waals surface area (Å²) in [6, 6.07) is 8.82. The van der Waals surface area contributed by atoms with E-state index >= 15 is 0 Å². The highest BCUT2D eigenvalue weighted by atomic mass is 79.9. The molecule has 0 unspecified atom stereocenters. The maximum Gasteiger partial charge on any atom is 0.152 e. The molecular formula is C14H19BrN4. The monoisotopic (exact) mass is 322 g/mol. The summed E-state index contributed by atoms with van der Waals surface area (Å²) >= 11 is 3.45. The fourth-order valence-electron chi connectivity index (χ4n) is 1.71. The molecule has 0 amide bonds.